The zero-order valence-electron chi connectivity index (χ0n) is 15.5. The van der Waals surface area contributed by atoms with Gasteiger partial charge in [0.1, 0.15) is 4.21 Å². The number of rotatable bonds is 8. The Bertz CT molecular complexity index is 724. The average molecular weight is 434 g/mol. The molecule has 2 aliphatic rings. The van der Waals surface area contributed by atoms with E-state index in [9.17, 15) is 13.2 Å². The van der Waals surface area contributed by atoms with Gasteiger partial charge in [0.05, 0.1) is 4.34 Å². The van der Waals surface area contributed by atoms with Crippen LogP contribution in [0, 0.1) is 5.92 Å². The second-order valence-electron chi connectivity index (χ2n) is 7.36. The smallest absolute Gasteiger partial charge is 0.252 e. The van der Waals surface area contributed by atoms with E-state index in [0.717, 1.165) is 43.7 Å². The predicted octanol–water partition coefficient (Wildman–Crippen LogP) is 2.79. The molecule has 0 aromatic carbocycles. The van der Waals surface area contributed by atoms with Gasteiger partial charge in [-0.3, -0.25) is 4.79 Å². The maximum Gasteiger partial charge on any atom is 0.252 e. The molecule has 27 heavy (non-hydrogen) atoms. The molecule has 152 valence electrons. The van der Waals surface area contributed by atoms with Crippen LogP contribution >= 0.6 is 22.9 Å². The van der Waals surface area contributed by atoms with Crippen LogP contribution < -0.4 is 5.32 Å². The number of carbonyl (C=O) groups excluding carboxylic acids is 1. The molecule has 1 amide bonds. The minimum atomic E-state index is -3.46. The molecule has 0 unspecified atom stereocenters. The number of halogens is 1. The van der Waals surface area contributed by atoms with Crippen molar-refractivity contribution in [1.29, 1.82) is 0 Å². The molecule has 2 fully saturated rings. The highest BCUT2D eigenvalue weighted by atomic mass is 35.5. The Labute approximate surface area is 170 Å². The summed E-state index contributed by atoms with van der Waals surface area (Å²) >= 11 is 6.95. The molecule has 0 aliphatic carbocycles. The number of amides is 1. The number of sulfonamides is 1. The van der Waals surface area contributed by atoms with Crippen LogP contribution in [0.25, 0.3) is 0 Å². The van der Waals surface area contributed by atoms with Crippen molar-refractivity contribution >= 4 is 38.9 Å². The van der Waals surface area contributed by atoms with Crippen molar-refractivity contribution in [2.45, 2.75) is 42.7 Å². The normalized spacial score (nSPS) is 20.2. The van der Waals surface area contributed by atoms with Gasteiger partial charge in [0, 0.05) is 26.1 Å². The van der Waals surface area contributed by atoms with Crippen LogP contribution in [-0.4, -0.2) is 62.8 Å². The molecular weight excluding hydrogens is 406 g/mol. The second kappa shape index (κ2) is 9.69. The zero-order chi connectivity index (χ0) is 19.3. The molecule has 2 saturated heterocycles. The highest BCUT2D eigenvalue weighted by Gasteiger charge is 2.31. The molecule has 0 bridgehead atoms. The van der Waals surface area contributed by atoms with E-state index in [1.54, 1.807) is 12.1 Å². The Morgan fingerprint density at radius 1 is 1.19 bits per heavy atom. The first kappa shape index (κ1) is 21.0. The number of likely N-dealkylation sites (tertiary alicyclic amines) is 1. The maximum absolute atomic E-state index is 12.6. The Morgan fingerprint density at radius 2 is 1.89 bits per heavy atom. The van der Waals surface area contributed by atoms with Gasteiger partial charge in [0.15, 0.2) is 0 Å². The second-order valence-corrected chi connectivity index (χ2v) is 11.2. The van der Waals surface area contributed by atoms with Crippen LogP contribution in [0.15, 0.2) is 16.3 Å². The molecule has 0 atom stereocenters. The van der Waals surface area contributed by atoms with Crippen molar-refractivity contribution in [2.75, 3.05) is 39.3 Å². The van der Waals surface area contributed by atoms with E-state index < -0.39 is 10.0 Å². The Balaban J connectivity index is 1.35. The molecule has 6 nitrogen and oxygen atoms in total. The maximum atomic E-state index is 12.6. The zero-order valence-corrected chi connectivity index (χ0v) is 17.9. The van der Waals surface area contributed by atoms with Gasteiger partial charge in [-0.25, -0.2) is 8.42 Å². The van der Waals surface area contributed by atoms with Crippen molar-refractivity contribution in [1.82, 2.24) is 14.5 Å². The standard InChI is InChI=1S/C18H28ClN3O3S2/c19-16-4-5-18(26-16)27(24,25)22-12-6-15(7-13-22)14-17(23)20-8-3-11-21-9-1-2-10-21/h4-5,15H,1-3,6-14H2,(H,20,23). The summed E-state index contributed by atoms with van der Waals surface area (Å²) in [5.74, 6) is 0.338. The summed E-state index contributed by atoms with van der Waals surface area (Å²) in [7, 11) is -3.46. The largest absolute Gasteiger partial charge is 0.356 e. The van der Waals surface area contributed by atoms with Crippen LogP contribution in [0.4, 0.5) is 0 Å². The molecule has 1 aromatic heterocycles. The summed E-state index contributed by atoms with van der Waals surface area (Å²) in [6, 6.07) is 3.17. The summed E-state index contributed by atoms with van der Waals surface area (Å²) in [5, 5.41) is 3.01. The first-order valence-corrected chi connectivity index (χ1v) is 12.3. The topological polar surface area (TPSA) is 69.7 Å². The minimum Gasteiger partial charge on any atom is -0.356 e. The summed E-state index contributed by atoms with van der Waals surface area (Å²) < 4.78 is 27.5. The fourth-order valence-electron chi connectivity index (χ4n) is 3.79. The lowest BCUT2D eigenvalue weighted by molar-refractivity contribution is -0.122. The summed E-state index contributed by atoms with van der Waals surface area (Å²) in [6.07, 6.45) is 5.51. The Kier molecular flexibility index (Phi) is 7.56. The van der Waals surface area contributed by atoms with Gasteiger partial charge in [-0.15, -0.1) is 11.3 Å². The number of nitrogens with one attached hydrogen (secondary N) is 1. The monoisotopic (exact) mass is 433 g/mol. The molecule has 3 heterocycles. The van der Waals surface area contributed by atoms with E-state index in [4.69, 9.17) is 11.6 Å². The predicted molar refractivity (Wildman–Crippen MR) is 109 cm³/mol. The lowest BCUT2D eigenvalue weighted by atomic mass is 9.94. The van der Waals surface area contributed by atoms with E-state index in [-0.39, 0.29) is 11.8 Å². The molecule has 9 heteroatoms. The number of nitrogens with zero attached hydrogens (tertiary/aromatic N) is 2. The first-order chi connectivity index (χ1) is 12.9. The molecule has 1 N–H and O–H groups in total. The summed E-state index contributed by atoms with van der Waals surface area (Å²) in [6.45, 7) is 5.08. The quantitative estimate of drug-likeness (QED) is 0.640. The van der Waals surface area contributed by atoms with Gasteiger partial charge in [-0.2, -0.15) is 4.31 Å². The fraction of sp³-hybridized carbons (Fsp3) is 0.722. The van der Waals surface area contributed by atoms with E-state index in [2.05, 4.69) is 10.2 Å². The first-order valence-electron chi connectivity index (χ1n) is 9.70. The fourth-order valence-corrected chi connectivity index (χ4v) is 6.90. The van der Waals surface area contributed by atoms with Crippen molar-refractivity contribution in [3.05, 3.63) is 16.5 Å². The Hall–Kier alpha value is -0.670. The molecule has 3 rings (SSSR count). The SMILES string of the molecule is O=C(CC1CCN(S(=O)(=O)c2ccc(Cl)s2)CC1)NCCCN1CCCC1. The molecule has 0 radical (unpaired) electrons. The van der Waals surface area contributed by atoms with Crippen LogP contribution in [0.2, 0.25) is 4.34 Å². The highest BCUT2D eigenvalue weighted by Crippen LogP contribution is 2.31. The molecule has 0 saturated carbocycles. The highest BCUT2D eigenvalue weighted by molar-refractivity contribution is 7.91. The van der Waals surface area contributed by atoms with Crippen molar-refractivity contribution in [3.8, 4) is 0 Å². The summed E-state index contributed by atoms with van der Waals surface area (Å²) in [4.78, 5) is 14.6. The van der Waals surface area contributed by atoms with E-state index >= 15 is 0 Å². The van der Waals surface area contributed by atoms with E-state index in [1.807, 2.05) is 0 Å². The van der Waals surface area contributed by atoms with Crippen LogP contribution in [0.3, 0.4) is 0 Å². The number of carbonyl (C=O) groups is 1. The Morgan fingerprint density at radius 3 is 2.52 bits per heavy atom. The molecule has 2 aliphatic heterocycles. The molecule has 1 aromatic rings. The third-order valence-electron chi connectivity index (χ3n) is 5.36. The van der Waals surface area contributed by atoms with Crippen LogP contribution in [0.5, 0.6) is 0 Å². The molecular formula is C18H28ClN3O3S2. The summed E-state index contributed by atoms with van der Waals surface area (Å²) in [5.41, 5.74) is 0. The van der Waals surface area contributed by atoms with Crippen LogP contribution in [-0.2, 0) is 14.8 Å². The lowest BCUT2D eigenvalue weighted by Crippen LogP contribution is -2.39. The van der Waals surface area contributed by atoms with Gasteiger partial charge in [0.2, 0.25) is 5.91 Å². The van der Waals surface area contributed by atoms with Gasteiger partial charge < -0.3 is 10.2 Å². The third-order valence-corrected chi connectivity index (χ3v) is 8.96. The van der Waals surface area contributed by atoms with Gasteiger partial charge >= 0.3 is 0 Å². The number of hydrogen-bond acceptors (Lipinski definition) is 5. The van der Waals surface area contributed by atoms with Gasteiger partial charge in [-0.1, -0.05) is 11.6 Å². The van der Waals surface area contributed by atoms with E-state index in [1.165, 1.54) is 30.2 Å². The van der Waals surface area contributed by atoms with Crippen molar-refractivity contribution in [3.63, 3.8) is 0 Å². The van der Waals surface area contributed by atoms with Crippen molar-refractivity contribution in [2.24, 2.45) is 5.92 Å². The van der Waals surface area contributed by atoms with Crippen LogP contribution in [0.1, 0.15) is 38.5 Å². The number of thiophene rings is 1. The lowest BCUT2D eigenvalue weighted by Gasteiger charge is -2.30. The molecule has 0 spiro atoms. The minimum absolute atomic E-state index is 0.0859. The van der Waals surface area contributed by atoms with E-state index in [0.29, 0.717) is 28.1 Å². The number of hydrogen-bond donors (Lipinski definition) is 1. The average Bonchev–Trinajstić information content (AvgIpc) is 3.31. The van der Waals surface area contributed by atoms with Crippen molar-refractivity contribution < 1.29 is 13.2 Å². The number of piperidine rings is 1. The van der Waals surface area contributed by atoms with Gasteiger partial charge in [-0.05, 0) is 69.8 Å². The third kappa shape index (κ3) is 5.90. The van der Waals surface area contributed by atoms with Gasteiger partial charge in [0.25, 0.3) is 10.0 Å².